The van der Waals surface area contributed by atoms with Gasteiger partial charge in [0.15, 0.2) is 0 Å². The molecule has 0 radical (unpaired) electrons. The molecule has 0 bridgehead atoms. The van der Waals surface area contributed by atoms with Crippen LogP contribution in [0.1, 0.15) is 51.1 Å². The minimum Gasteiger partial charge on any atom is -0.333 e. The summed E-state index contributed by atoms with van der Waals surface area (Å²) in [5.41, 5.74) is 1.06. The van der Waals surface area contributed by atoms with Crippen molar-refractivity contribution in [3.63, 3.8) is 0 Å². The zero-order valence-electron chi connectivity index (χ0n) is 13.4. The van der Waals surface area contributed by atoms with Gasteiger partial charge in [-0.1, -0.05) is 29.8 Å². The summed E-state index contributed by atoms with van der Waals surface area (Å²) in [5, 5.41) is 4.19. The van der Waals surface area contributed by atoms with E-state index in [-0.39, 0.29) is 12.0 Å². The molecule has 1 aliphatic carbocycles. The van der Waals surface area contributed by atoms with Gasteiger partial charge >= 0.3 is 0 Å². The van der Waals surface area contributed by atoms with Gasteiger partial charge in [-0.2, -0.15) is 0 Å². The van der Waals surface area contributed by atoms with Crippen molar-refractivity contribution in [3.05, 3.63) is 34.9 Å². The summed E-state index contributed by atoms with van der Waals surface area (Å²) in [5.74, 6) is 0.477. The summed E-state index contributed by atoms with van der Waals surface area (Å²) in [6.45, 7) is 5.22. The fraction of sp³-hybridized carbons (Fsp3) is 0.611. The summed E-state index contributed by atoms with van der Waals surface area (Å²) in [6, 6.07) is 8.79. The molecule has 1 aromatic rings. The Bertz CT molecular complexity index is 544. The molecule has 2 fully saturated rings. The molecular weight excluding hydrogens is 296 g/mol. The average Bonchev–Trinajstić information content (AvgIpc) is 3.32. The molecule has 1 saturated carbocycles. The lowest BCUT2D eigenvalue weighted by molar-refractivity contribution is -0.139. The molecular formula is C18H25ClN2O. The van der Waals surface area contributed by atoms with Crippen molar-refractivity contribution in [3.8, 4) is 0 Å². The van der Waals surface area contributed by atoms with Gasteiger partial charge in [0.25, 0.3) is 0 Å². The van der Waals surface area contributed by atoms with Gasteiger partial charge in [0.05, 0.1) is 6.04 Å². The quantitative estimate of drug-likeness (QED) is 0.915. The lowest BCUT2D eigenvalue weighted by Gasteiger charge is -2.36. The Balaban J connectivity index is 1.80. The SMILES string of the molecule is CC(c1ccccc1Cl)N(C(=O)[C@H]1CCN[C@@H](C)C1)C1CC1. The third kappa shape index (κ3) is 3.31. The van der Waals surface area contributed by atoms with E-state index in [1.807, 2.05) is 24.3 Å². The first kappa shape index (κ1) is 15.8. The number of piperidine rings is 1. The van der Waals surface area contributed by atoms with Crippen molar-refractivity contribution >= 4 is 17.5 Å². The van der Waals surface area contributed by atoms with Crippen LogP contribution in [-0.2, 0) is 4.79 Å². The molecule has 1 heterocycles. The second kappa shape index (κ2) is 6.59. The van der Waals surface area contributed by atoms with Gasteiger partial charge in [-0.25, -0.2) is 0 Å². The maximum Gasteiger partial charge on any atom is 0.226 e. The van der Waals surface area contributed by atoms with E-state index in [1.165, 1.54) is 0 Å². The Morgan fingerprint density at radius 1 is 1.32 bits per heavy atom. The summed E-state index contributed by atoms with van der Waals surface area (Å²) in [7, 11) is 0. The van der Waals surface area contributed by atoms with E-state index in [2.05, 4.69) is 24.1 Å². The van der Waals surface area contributed by atoms with Crippen molar-refractivity contribution in [2.75, 3.05) is 6.54 Å². The predicted molar refractivity (Wildman–Crippen MR) is 89.9 cm³/mol. The number of nitrogens with zero attached hydrogens (tertiary/aromatic N) is 1. The number of nitrogens with one attached hydrogen (secondary N) is 1. The van der Waals surface area contributed by atoms with Crippen molar-refractivity contribution < 1.29 is 4.79 Å². The summed E-state index contributed by atoms with van der Waals surface area (Å²) in [4.78, 5) is 15.2. The zero-order valence-corrected chi connectivity index (χ0v) is 14.1. The molecule has 0 aromatic heterocycles. The van der Waals surface area contributed by atoms with Crippen molar-refractivity contribution in [1.82, 2.24) is 10.2 Å². The molecule has 3 rings (SSSR count). The van der Waals surface area contributed by atoms with E-state index < -0.39 is 0 Å². The molecule has 1 saturated heterocycles. The molecule has 1 N–H and O–H groups in total. The first-order valence-corrected chi connectivity index (χ1v) is 8.75. The number of hydrogen-bond acceptors (Lipinski definition) is 2. The number of benzene rings is 1. The van der Waals surface area contributed by atoms with E-state index in [0.717, 1.165) is 42.8 Å². The van der Waals surface area contributed by atoms with E-state index in [4.69, 9.17) is 11.6 Å². The minimum absolute atomic E-state index is 0.0545. The molecule has 3 atom stereocenters. The van der Waals surface area contributed by atoms with E-state index in [0.29, 0.717) is 18.0 Å². The highest BCUT2D eigenvalue weighted by molar-refractivity contribution is 6.31. The summed E-state index contributed by atoms with van der Waals surface area (Å²) in [6.07, 6.45) is 4.14. The fourth-order valence-corrected chi connectivity index (χ4v) is 3.86. The minimum atomic E-state index is 0.0545. The van der Waals surface area contributed by atoms with E-state index in [1.54, 1.807) is 0 Å². The van der Waals surface area contributed by atoms with Crippen LogP contribution in [-0.4, -0.2) is 29.4 Å². The highest BCUT2D eigenvalue weighted by atomic mass is 35.5. The Labute approximate surface area is 138 Å². The first-order chi connectivity index (χ1) is 10.6. The molecule has 1 aliphatic heterocycles. The largest absolute Gasteiger partial charge is 0.333 e. The number of hydrogen-bond donors (Lipinski definition) is 1. The number of amides is 1. The number of carbonyl (C=O) groups is 1. The first-order valence-electron chi connectivity index (χ1n) is 8.38. The van der Waals surface area contributed by atoms with Crippen LogP contribution in [0.4, 0.5) is 0 Å². The van der Waals surface area contributed by atoms with Gasteiger partial charge in [0, 0.05) is 23.0 Å². The third-order valence-corrected chi connectivity index (χ3v) is 5.28. The van der Waals surface area contributed by atoms with Crippen molar-refractivity contribution in [1.29, 1.82) is 0 Å². The Kier molecular flexibility index (Phi) is 4.74. The van der Waals surface area contributed by atoms with Crippen LogP contribution < -0.4 is 5.32 Å². The molecule has 1 aromatic carbocycles. The van der Waals surface area contributed by atoms with Gasteiger partial charge in [0.2, 0.25) is 5.91 Å². The highest BCUT2D eigenvalue weighted by Gasteiger charge is 2.40. The van der Waals surface area contributed by atoms with E-state index in [9.17, 15) is 4.79 Å². The third-order valence-electron chi connectivity index (χ3n) is 4.94. The molecule has 0 spiro atoms. The Hall–Kier alpha value is -1.06. The average molecular weight is 321 g/mol. The standard InChI is InChI=1S/C18H25ClN2O/c1-12-11-14(9-10-20-12)18(22)21(15-7-8-15)13(2)16-5-3-4-6-17(16)19/h3-6,12-15,20H,7-11H2,1-2H3/t12-,13?,14-/m0/s1. The van der Waals surface area contributed by atoms with Crippen LogP contribution in [0.2, 0.25) is 5.02 Å². The van der Waals surface area contributed by atoms with Crippen LogP contribution in [0.15, 0.2) is 24.3 Å². The monoisotopic (exact) mass is 320 g/mol. The molecule has 2 aliphatic rings. The molecule has 3 nitrogen and oxygen atoms in total. The zero-order chi connectivity index (χ0) is 15.7. The van der Waals surface area contributed by atoms with Gasteiger partial charge in [-0.3, -0.25) is 4.79 Å². The highest BCUT2D eigenvalue weighted by Crippen LogP contribution is 2.38. The second-order valence-electron chi connectivity index (χ2n) is 6.75. The van der Waals surface area contributed by atoms with Gasteiger partial charge in [-0.15, -0.1) is 0 Å². The van der Waals surface area contributed by atoms with Gasteiger partial charge in [-0.05, 0) is 57.7 Å². The summed E-state index contributed by atoms with van der Waals surface area (Å²) >= 11 is 6.35. The normalized spacial score (nSPS) is 26.5. The van der Waals surface area contributed by atoms with Crippen molar-refractivity contribution in [2.24, 2.45) is 5.92 Å². The predicted octanol–water partition coefficient (Wildman–Crippen LogP) is 3.78. The fourth-order valence-electron chi connectivity index (χ4n) is 3.57. The molecule has 22 heavy (non-hydrogen) atoms. The maximum absolute atomic E-state index is 13.1. The lowest BCUT2D eigenvalue weighted by Crippen LogP contribution is -2.45. The molecule has 120 valence electrons. The van der Waals surface area contributed by atoms with E-state index >= 15 is 0 Å². The summed E-state index contributed by atoms with van der Waals surface area (Å²) < 4.78 is 0. The maximum atomic E-state index is 13.1. The topological polar surface area (TPSA) is 32.3 Å². The lowest BCUT2D eigenvalue weighted by atomic mass is 9.91. The second-order valence-corrected chi connectivity index (χ2v) is 7.16. The number of halogens is 1. The number of rotatable bonds is 4. The smallest absolute Gasteiger partial charge is 0.226 e. The van der Waals surface area contributed by atoms with Crippen molar-refractivity contribution in [2.45, 2.75) is 57.7 Å². The van der Waals surface area contributed by atoms with Crippen LogP contribution in [0.3, 0.4) is 0 Å². The Morgan fingerprint density at radius 3 is 2.68 bits per heavy atom. The Morgan fingerprint density at radius 2 is 2.05 bits per heavy atom. The molecule has 1 unspecified atom stereocenters. The molecule has 4 heteroatoms. The van der Waals surface area contributed by atoms with Gasteiger partial charge in [0.1, 0.15) is 0 Å². The van der Waals surface area contributed by atoms with Crippen LogP contribution in [0, 0.1) is 5.92 Å². The number of carbonyl (C=O) groups excluding carboxylic acids is 1. The van der Waals surface area contributed by atoms with Gasteiger partial charge < -0.3 is 10.2 Å². The van der Waals surface area contributed by atoms with Crippen LogP contribution in [0.25, 0.3) is 0 Å². The van der Waals surface area contributed by atoms with Crippen LogP contribution in [0.5, 0.6) is 0 Å². The molecule has 1 amide bonds. The van der Waals surface area contributed by atoms with Crippen LogP contribution >= 0.6 is 11.6 Å².